The molecule has 0 atom stereocenters. The molecule has 1 saturated heterocycles. The summed E-state index contributed by atoms with van der Waals surface area (Å²) in [6, 6.07) is 8.30. The number of fused-ring (bicyclic) bond motifs is 1. The van der Waals surface area contributed by atoms with E-state index in [0.29, 0.717) is 12.2 Å². The Kier molecular flexibility index (Phi) is 4.76. The average Bonchev–Trinajstić information content (AvgIpc) is 3.15. The van der Waals surface area contributed by atoms with Gasteiger partial charge in [0.15, 0.2) is 5.69 Å². The van der Waals surface area contributed by atoms with Gasteiger partial charge in [0.2, 0.25) is 0 Å². The third kappa shape index (κ3) is 3.72. The standard InChI is InChI=1S/C18H23N5O2/c24-18(22-6-5-15-3-1-2-4-16(15)13-22)17-14-23(20-19-17)8-7-21-9-11-25-12-10-21/h1-4,14H,5-13H2. The second-order valence-corrected chi connectivity index (χ2v) is 6.57. The maximum absolute atomic E-state index is 12.7. The van der Waals surface area contributed by atoms with E-state index in [2.05, 4.69) is 33.4 Å². The van der Waals surface area contributed by atoms with E-state index in [-0.39, 0.29) is 5.91 Å². The molecule has 0 spiro atoms. The molecule has 0 aliphatic carbocycles. The number of benzene rings is 1. The van der Waals surface area contributed by atoms with Crippen molar-refractivity contribution in [2.24, 2.45) is 0 Å². The first-order valence-corrected chi connectivity index (χ1v) is 8.86. The summed E-state index contributed by atoms with van der Waals surface area (Å²) in [6.07, 6.45) is 2.66. The van der Waals surface area contributed by atoms with Crippen molar-refractivity contribution in [2.75, 3.05) is 39.4 Å². The number of carbonyl (C=O) groups is 1. The van der Waals surface area contributed by atoms with Crippen molar-refractivity contribution in [1.29, 1.82) is 0 Å². The van der Waals surface area contributed by atoms with Gasteiger partial charge in [0, 0.05) is 32.7 Å². The van der Waals surface area contributed by atoms with Crippen molar-refractivity contribution < 1.29 is 9.53 Å². The predicted octanol–water partition coefficient (Wildman–Crippen LogP) is 0.809. The molecule has 0 radical (unpaired) electrons. The maximum Gasteiger partial charge on any atom is 0.276 e. The van der Waals surface area contributed by atoms with Crippen molar-refractivity contribution in [1.82, 2.24) is 24.8 Å². The highest BCUT2D eigenvalue weighted by atomic mass is 16.5. The lowest BCUT2D eigenvalue weighted by atomic mass is 10.00. The number of rotatable bonds is 4. The van der Waals surface area contributed by atoms with Gasteiger partial charge in [-0.1, -0.05) is 29.5 Å². The molecule has 0 saturated carbocycles. The third-order valence-corrected chi connectivity index (χ3v) is 4.92. The van der Waals surface area contributed by atoms with Crippen LogP contribution in [0.4, 0.5) is 0 Å². The van der Waals surface area contributed by atoms with Crippen molar-refractivity contribution in [3.63, 3.8) is 0 Å². The van der Waals surface area contributed by atoms with Gasteiger partial charge in [0.25, 0.3) is 5.91 Å². The summed E-state index contributed by atoms with van der Waals surface area (Å²) < 4.78 is 7.12. The summed E-state index contributed by atoms with van der Waals surface area (Å²) in [4.78, 5) is 16.9. The number of carbonyl (C=O) groups excluding carboxylic acids is 1. The van der Waals surface area contributed by atoms with E-state index in [9.17, 15) is 4.79 Å². The van der Waals surface area contributed by atoms with Crippen LogP contribution in [0.5, 0.6) is 0 Å². The van der Waals surface area contributed by atoms with Crippen molar-refractivity contribution in [3.8, 4) is 0 Å². The Bertz CT molecular complexity index is 739. The van der Waals surface area contributed by atoms with Crippen LogP contribution in [0.25, 0.3) is 0 Å². The van der Waals surface area contributed by atoms with Crippen LogP contribution >= 0.6 is 0 Å². The zero-order chi connectivity index (χ0) is 17.1. The summed E-state index contributed by atoms with van der Waals surface area (Å²) in [7, 11) is 0. The number of hydrogen-bond donors (Lipinski definition) is 0. The molecule has 1 aromatic heterocycles. The summed E-state index contributed by atoms with van der Waals surface area (Å²) in [5.74, 6) is -0.0351. The van der Waals surface area contributed by atoms with Gasteiger partial charge in [-0.2, -0.15) is 0 Å². The second-order valence-electron chi connectivity index (χ2n) is 6.57. The molecule has 25 heavy (non-hydrogen) atoms. The Morgan fingerprint density at radius 3 is 2.72 bits per heavy atom. The van der Waals surface area contributed by atoms with Gasteiger partial charge in [0.05, 0.1) is 26.0 Å². The SMILES string of the molecule is O=C(c1cn(CCN2CCOCC2)nn1)N1CCc2ccccc2C1. The molecular weight excluding hydrogens is 318 g/mol. The van der Waals surface area contributed by atoms with Crippen LogP contribution in [0.15, 0.2) is 30.5 Å². The zero-order valence-electron chi connectivity index (χ0n) is 14.3. The smallest absolute Gasteiger partial charge is 0.276 e. The van der Waals surface area contributed by atoms with E-state index in [4.69, 9.17) is 4.74 Å². The molecular formula is C18H23N5O2. The topological polar surface area (TPSA) is 63.5 Å². The van der Waals surface area contributed by atoms with Crippen LogP contribution in [0.2, 0.25) is 0 Å². The highest BCUT2D eigenvalue weighted by molar-refractivity contribution is 5.92. The van der Waals surface area contributed by atoms with E-state index in [1.165, 1.54) is 11.1 Å². The first kappa shape index (κ1) is 16.2. The lowest BCUT2D eigenvalue weighted by Gasteiger charge is -2.28. The van der Waals surface area contributed by atoms with E-state index in [1.807, 2.05) is 11.0 Å². The fraction of sp³-hybridized carbons (Fsp3) is 0.500. The first-order valence-electron chi connectivity index (χ1n) is 8.86. The van der Waals surface area contributed by atoms with Crippen molar-refractivity contribution in [2.45, 2.75) is 19.5 Å². The number of nitrogens with zero attached hydrogens (tertiary/aromatic N) is 5. The lowest BCUT2D eigenvalue weighted by molar-refractivity contribution is 0.0359. The number of aromatic nitrogens is 3. The number of ether oxygens (including phenoxy) is 1. The molecule has 0 N–H and O–H groups in total. The third-order valence-electron chi connectivity index (χ3n) is 4.92. The van der Waals surface area contributed by atoms with Gasteiger partial charge in [-0.15, -0.1) is 5.10 Å². The van der Waals surface area contributed by atoms with Gasteiger partial charge >= 0.3 is 0 Å². The van der Waals surface area contributed by atoms with Crippen LogP contribution in [-0.4, -0.2) is 70.1 Å². The summed E-state index contributed by atoms with van der Waals surface area (Å²) in [5, 5.41) is 8.21. The fourth-order valence-electron chi connectivity index (χ4n) is 3.41. The second kappa shape index (κ2) is 7.33. The quantitative estimate of drug-likeness (QED) is 0.823. The Balaban J connectivity index is 1.36. The Morgan fingerprint density at radius 2 is 1.88 bits per heavy atom. The summed E-state index contributed by atoms with van der Waals surface area (Å²) in [6.45, 7) is 6.50. The van der Waals surface area contributed by atoms with E-state index < -0.39 is 0 Å². The van der Waals surface area contributed by atoms with Crippen LogP contribution < -0.4 is 0 Å². The minimum absolute atomic E-state index is 0.0351. The highest BCUT2D eigenvalue weighted by Gasteiger charge is 2.23. The number of hydrogen-bond acceptors (Lipinski definition) is 5. The van der Waals surface area contributed by atoms with Crippen molar-refractivity contribution in [3.05, 3.63) is 47.3 Å². The molecule has 7 heteroatoms. The maximum atomic E-state index is 12.7. The molecule has 3 heterocycles. The molecule has 2 aromatic rings. The Hall–Kier alpha value is -2.25. The van der Waals surface area contributed by atoms with Gasteiger partial charge in [0.1, 0.15) is 0 Å². The molecule has 1 amide bonds. The first-order chi connectivity index (χ1) is 12.3. The van der Waals surface area contributed by atoms with Gasteiger partial charge < -0.3 is 9.64 Å². The Morgan fingerprint density at radius 1 is 1.08 bits per heavy atom. The van der Waals surface area contributed by atoms with Crippen LogP contribution in [0, 0.1) is 0 Å². The number of amides is 1. The molecule has 7 nitrogen and oxygen atoms in total. The van der Waals surface area contributed by atoms with Crippen LogP contribution in [-0.2, 0) is 24.2 Å². The number of morpholine rings is 1. The fourth-order valence-corrected chi connectivity index (χ4v) is 3.41. The molecule has 2 aliphatic heterocycles. The highest BCUT2D eigenvalue weighted by Crippen LogP contribution is 2.19. The molecule has 0 bridgehead atoms. The summed E-state index contributed by atoms with van der Waals surface area (Å²) >= 11 is 0. The summed E-state index contributed by atoms with van der Waals surface area (Å²) in [5.41, 5.74) is 2.99. The molecule has 132 valence electrons. The Labute approximate surface area is 147 Å². The molecule has 0 unspecified atom stereocenters. The monoisotopic (exact) mass is 341 g/mol. The van der Waals surface area contributed by atoms with Gasteiger partial charge in [-0.05, 0) is 17.5 Å². The minimum Gasteiger partial charge on any atom is -0.379 e. The normalized spacial score (nSPS) is 18.2. The van der Waals surface area contributed by atoms with Crippen molar-refractivity contribution >= 4 is 5.91 Å². The molecule has 2 aliphatic rings. The lowest BCUT2D eigenvalue weighted by Crippen LogP contribution is -2.38. The minimum atomic E-state index is -0.0351. The predicted molar refractivity (Wildman–Crippen MR) is 92.2 cm³/mol. The van der Waals surface area contributed by atoms with Gasteiger partial charge in [-0.3, -0.25) is 14.4 Å². The van der Waals surface area contributed by atoms with Crippen LogP contribution in [0.3, 0.4) is 0 Å². The average molecular weight is 341 g/mol. The van der Waals surface area contributed by atoms with E-state index >= 15 is 0 Å². The molecule has 1 fully saturated rings. The van der Waals surface area contributed by atoms with E-state index in [1.54, 1.807) is 10.9 Å². The molecule has 4 rings (SSSR count). The largest absolute Gasteiger partial charge is 0.379 e. The van der Waals surface area contributed by atoms with E-state index in [0.717, 1.165) is 52.4 Å². The molecule has 1 aromatic carbocycles. The van der Waals surface area contributed by atoms with Crippen LogP contribution in [0.1, 0.15) is 21.6 Å². The zero-order valence-corrected chi connectivity index (χ0v) is 14.3. The van der Waals surface area contributed by atoms with Gasteiger partial charge in [-0.25, -0.2) is 0 Å².